The summed E-state index contributed by atoms with van der Waals surface area (Å²) in [6.45, 7) is 24.1. The van der Waals surface area contributed by atoms with Crippen LogP contribution >= 0.6 is 0 Å². The maximum Gasteiger partial charge on any atom is -0.0349 e. The summed E-state index contributed by atoms with van der Waals surface area (Å²) < 4.78 is 0. The molecule has 0 aromatic carbocycles. The van der Waals surface area contributed by atoms with Gasteiger partial charge in [0.25, 0.3) is 0 Å². The van der Waals surface area contributed by atoms with E-state index in [4.69, 9.17) is 0 Å². The molecular weight excluding hydrogens is 252 g/mol. The van der Waals surface area contributed by atoms with Gasteiger partial charge < -0.3 is 0 Å². The molecule has 0 radical (unpaired) electrons. The van der Waals surface area contributed by atoms with Crippen molar-refractivity contribution in [1.82, 2.24) is 0 Å². The van der Waals surface area contributed by atoms with Crippen molar-refractivity contribution in [3.05, 3.63) is 0 Å². The lowest BCUT2D eigenvalue weighted by atomic mass is 9.68. The first-order chi connectivity index (χ1) is 9.18. The van der Waals surface area contributed by atoms with Crippen molar-refractivity contribution >= 4 is 0 Å². The molecule has 0 saturated heterocycles. The molecule has 0 spiro atoms. The monoisotopic (exact) mass is 296 g/mol. The zero-order chi connectivity index (χ0) is 16.9. The Morgan fingerprint density at radius 2 is 0.952 bits per heavy atom. The Morgan fingerprint density at radius 1 is 0.524 bits per heavy atom. The third-order valence-corrected chi connectivity index (χ3v) is 5.17. The molecule has 0 aromatic rings. The van der Waals surface area contributed by atoms with Gasteiger partial charge in [0.05, 0.1) is 0 Å². The molecule has 128 valence electrons. The van der Waals surface area contributed by atoms with Crippen LogP contribution in [0.5, 0.6) is 0 Å². The summed E-state index contributed by atoms with van der Waals surface area (Å²) in [7, 11) is 0. The Labute approximate surface area is 136 Å². The Bertz CT molecular complexity index is 286. The predicted octanol–water partition coefficient (Wildman–Crippen LogP) is 7.86. The van der Waals surface area contributed by atoms with Gasteiger partial charge in [-0.1, -0.05) is 82.1 Å². The SMILES string of the molecule is CCC(C)(C)CCCC(C)(C)CC(C)(C)CCC(C)(C)C. The van der Waals surface area contributed by atoms with Crippen LogP contribution in [0.2, 0.25) is 0 Å². The summed E-state index contributed by atoms with van der Waals surface area (Å²) in [6.07, 6.45) is 9.44. The molecule has 0 N–H and O–H groups in total. The van der Waals surface area contributed by atoms with E-state index in [1.807, 2.05) is 0 Å². The molecule has 21 heavy (non-hydrogen) atoms. The Kier molecular flexibility index (Phi) is 7.51. The van der Waals surface area contributed by atoms with E-state index in [-0.39, 0.29) is 0 Å². The van der Waals surface area contributed by atoms with Gasteiger partial charge in [0.15, 0.2) is 0 Å². The minimum atomic E-state index is 0.465. The van der Waals surface area contributed by atoms with Crippen molar-refractivity contribution in [3.8, 4) is 0 Å². The third kappa shape index (κ3) is 11.2. The van der Waals surface area contributed by atoms with Gasteiger partial charge in [-0.25, -0.2) is 0 Å². The van der Waals surface area contributed by atoms with Crippen molar-refractivity contribution < 1.29 is 0 Å². The molecule has 0 aliphatic carbocycles. The molecule has 0 nitrogen and oxygen atoms in total. The molecule has 0 bridgehead atoms. The Hall–Kier alpha value is 0. The van der Waals surface area contributed by atoms with Gasteiger partial charge in [-0.2, -0.15) is 0 Å². The predicted molar refractivity (Wildman–Crippen MR) is 98.8 cm³/mol. The average Bonchev–Trinajstić information content (AvgIpc) is 2.23. The second kappa shape index (κ2) is 7.51. The molecule has 0 rings (SSSR count). The highest BCUT2D eigenvalue weighted by atomic mass is 14.4. The van der Waals surface area contributed by atoms with E-state index in [0.29, 0.717) is 21.7 Å². The lowest BCUT2D eigenvalue weighted by Gasteiger charge is -2.37. The Balaban J connectivity index is 4.32. The van der Waals surface area contributed by atoms with Crippen molar-refractivity contribution in [3.63, 3.8) is 0 Å². The molecule has 0 saturated carbocycles. The summed E-state index contributed by atoms with van der Waals surface area (Å²) in [4.78, 5) is 0. The molecule has 0 amide bonds. The molecule has 0 heterocycles. The minimum absolute atomic E-state index is 0.465. The Morgan fingerprint density at radius 3 is 1.38 bits per heavy atom. The normalized spacial score (nSPS) is 14.6. The molecule has 0 heteroatoms. The van der Waals surface area contributed by atoms with Crippen LogP contribution in [-0.2, 0) is 0 Å². The lowest BCUT2D eigenvalue weighted by Crippen LogP contribution is -2.25. The summed E-state index contributed by atoms with van der Waals surface area (Å²) in [5, 5.41) is 0. The summed E-state index contributed by atoms with van der Waals surface area (Å²) >= 11 is 0. The first-order valence-electron chi connectivity index (χ1n) is 9.18. The van der Waals surface area contributed by atoms with Crippen LogP contribution in [0.3, 0.4) is 0 Å². The van der Waals surface area contributed by atoms with Gasteiger partial charge in [0, 0.05) is 0 Å². The number of rotatable bonds is 9. The molecule has 0 atom stereocenters. The van der Waals surface area contributed by atoms with Crippen LogP contribution < -0.4 is 0 Å². The van der Waals surface area contributed by atoms with Gasteiger partial charge >= 0.3 is 0 Å². The summed E-state index contributed by atoms with van der Waals surface area (Å²) in [5.74, 6) is 0. The second-order valence-corrected chi connectivity index (χ2v) is 10.9. The lowest BCUT2D eigenvalue weighted by molar-refractivity contribution is 0.144. The van der Waals surface area contributed by atoms with Crippen molar-refractivity contribution in [2.75, 3.05) is 0 Å². The standard InChI is InChI=1S/C21H44/c1-11-19(5,6)13-12-14-20(7,8)17-21(9,10)16-15-18(2,3)4/h11-17H2,1-10H3. The summed E-state index contributed by atoms with van der Waals surface area (Å²) in [6, 6.07) is 0. The van der Waals surface area contributed by atoms with E-state index in [2.05, 4.69) is 69.2 Å². The van der Waals surface area contributed by atoms with E-state index in [9.17, 15) is 0 Å². The van der Waals surface area contributed by atoms with E-state index in [0.717, 1.165) is 0 Å². The van der Waals surface area contributed by atoms with Crippen LogP contribution in [0, 0.1) is 21.7 Å². The quantitative estimate of drug-likeness (QED) is 0.406. The maximum atomic E-state index is 2.48. The van der Waals surface area contributed by atoms with Gasteiger partial charge in [0.2, 0.25) is 0 Å². The van der Waals surface area contributed by atoms with Gasteiger partial charge in [-0.3, -0.25) is 0 Å². The van der Waals surface area contributed by atoms with E-state index in [1.54, 1.807) is 0 Å². The fourth-order valence-corrected chi connectivity index (χ4v) is 3.41. The highest BCUT2D eigenvalue weighted by Gasteiger charge is 2.30. The average molecular weight is 297 g/mol. The van der Waals surface area contributed by atoms with Crippen LogP contribution in [0.15, 0.2) is 0 Å². The highest BCUT2D eigenvalue weighted by molar-refractivity contribution is 4.81. The zero-order valence-corrected chi connectivity index (χ0v) is 16.9. The van der Waals surface area contributed by atoms with Crippen LogP contribution in [-0.4, -0.2) is 0 Å². The van der Waals surface area contributed by atoms with Gasteiger partial charge in [-0.15, -0.1) is 0 Å². The van der Waals surface area contributed by atoms with E-state index < -0.39 is 0 Å². The van der Waals surface area contributed by atoms with Crippen LogP contribution in [0.25, 0.3) is 0 Å². The molecule has 0 aliphatic rings. The highest BCUT2D eigenvalue weighted by Crippen LogP contribution is 2.42. The maximum absolute atomic E-state index is 2.48. The molecule has 0 fully saturated rings. The number of hydrogen-bond donors (Lipinski definition) is 0. The second-order valence-electron chi connectivity index (χ2n) is 10.9. The first kappa shape index (κ1) is 21.0. The first-order valence-corrected chi connectivity index (χ1v) is 9.18. The zero-order valence-electron chi connectivity index (χ0n) is 16.9. The minimum Gasteiger partial charge on any atom is -0.0649 e. The summed E-state index contributed by atoms with van der Waals surface area (Å²) in [5.41, 5.74) is 1.94. The van der Waals surface area contributed by atoms with Gasteiger partial charge in [-0.05, 0) is 53.8 Å². The van der Waals surface area contributed by atoms with E-state index >= 15 is 0 Å². The molecule has 0 aromatic heterocycles. The molecule has 0 unspecified atom stereocenters. The van der Waals surface area contributed by atoms with Crippen molar-refractivity contribution in [2.45, 2.75) is 114 Å². The van der Waals surface area contributed by atoms with Crippen molar-refractivity contribution in [1.29, 1.82) is 0 Å². The van der Waals surface area contributed by atoms with E-state index in [1.165, 1.54) is 44.9 Å². The van der Waals surface area contributed by atoms with Gasteiger partial charge in [0.1, 0.15) is 0 Å². The fourth-order valence-electron chi connectivity index (χ4n) is 3.41. The number of hydrogen-bond acceptors (Lipinski definition) is 0. The van der Waals surface area contributed by atoms with Crippen LogP contribution in [0.1, 0.15) is 114 Å². The molecular formula is C21H44. The largest absolute Gasteiger partial charge is 0.0649 e. The van der Waals surface area contributed by atoms with Crippen molar-refractivity contribution in [2.24, 2.45) is 21.7 Å². The third-order valence-electron chi connectivity index (χ3n) is 5.17. The van der Waals surface area contributed by atoms with Crippen LogP contribution in [0.4, 0.5) is 0 Å². The molecule has 0 aliphatic heterocycles. The topological polar surface area (TPSA) is 0 Å². The fraction of sp³-hybridized carbons (Fsp3) is 1.00. The smallest absolute Gasteiger partial charge is 0.0349 e.